The maximum Gasteiger partial charge on any atom is 0.287 e. The predicted octanol–water partition coefficient (Wildman–Crippen LogP) is 4.85. The van der Waals surface area contributed by atoms with Crippen molar-refractivity contribution in [2.75, 3.05) is 0 Å². The van der Waals surface area contributed by atoms with E-state index in [4.69, 9.17) is 0 Å². The fourth-order valence-corrected chi connectivity index (χ4v) is 3.92. The molecule has 33 heavy (non-hydrogen) atoms. The molecule has 4 N–H and O–H groups in total. The quantitative estimate of drug-likeness (QED) is 0.192. The Hall–Kier alpha value is -3.43. The summed E-state index contributed by atoms with van der Waals surface area (Å²) in [4.78, 5) is 25.4. The first-order valence-electron chi connectivity index (χ1n) is 9.65. The van der Waals surface area contributed by atoms with E-state index in [1.807, 2.05) is 18.2 Å². The Balaban J connectivity index is 1.85. The molecule has 0 aliphatic rings. The highest BCUT2D eigenvalue weighted by Gasteiger charge is 2.18. The smallest absolute Gasteiger partial charge is 0.287 e. The lowest BCUT2D eigenvalue weighted by molar-refractivity contribution is -0.117. The Morgan fingerprint density at radius 3 is 2.15 bits per heavy atom. The highest BCUT2D eigenvalue weighted by atomic mass is 79.9. The van der Waals surface area contributed by atoms with Crippen LogP contribution < -0.4 is 10.7 Å². The lowest BCUT2D eigenvalue weighted by Gasteiger charge is -2.11. The number of carbonyl (C=O) groups excluding carboxylic acids is 2. The van der Waals surface area contributed by atoms with Crippen molar-refractivity contribution in [3.8, 4) is 11.5 Å². The van der Waals surface area contributed by atoms with Crippen LogP contribution in [0.15, 0.2) is 80.4 Å². The maximum absolute atomic E-state index is 12.8. The van der Waals surface area contributed by atoms with Crippen LogP contribution in [0.1, 0.15) is 27.0 Å². The number of benzene rings is 3. The topological polar surface area (TPSA) is 111 Å². The van der Waals surface area contributed by atoms with E-state index in [0.717, 1.165) is 0 Å². The second kappa shape index (κ2) is 10.9. The summed E-state index contributed by atoms with van der Waals surface area (Å²) in [5.41, 5.74) is 4.25. The molecule has 0 aliphatic heterocycles. The predicted molar refractivity (Wildman–Crippen MR) is 134 cm³/mol. The van der Waals surface area contributed by atoms with Gasteiger partial charge < -0.3 is 15.5 Å². The van der Waals surface area contributed by atoms with Crippen LogP contribution in [0.25, 0.3) is 6.08 Å². The molecule has 0 radical (unpaired) electrons. The number of phenolic OH excluding ortho intramolecular Hbond substituents is 2. The van der Waals surface area contributed by atoms with Crippen molar-refractivity contribution in [2.24, 2.45) is 5.10 Å². The van der Waals surface area contributed by atoms with Crippen LogP contribution in [0.5, 0.6) is 11.5 Å². The van der Waals surface area contributed by atoms with Crippen LogP contribution in [-0.2, 0) is 4.79 Å². The fraction of sp³-hybridized carbons (Fsp3) is 0.0417. The summed E-state index contributed by atoms with van der Waals surface area (Å²) in [6.07, 6.45) is 2.78. The number of halogens is 2. The van der Waals surface area contributed by atoms with Gasteiger partial charge in [0, 0.05) is 11.1 Å². The van der Waals surface area contributed by atoms with Gasteiger partial charge in [0.25, 0.3) is 11.8 Å². The second-order valence-corrected chi connectivity index (χ2v) is 8.44. The Morgan fingerprint density at radius 2 is 1.52 bits per heavy atom. The molecule has 0 heterocycles. The van der Waals surface area contributed by atoms with Crippen molar-refractivity contribution in [3.05, 3.63) is 97.6 Å². The molecule has 0 saturated heterocycles. The Bertz CT molecular complexity index is 1210. The second-order valence-electron chi connectivity index (χ2n) is 6.85. The number of rotatable bonds is 6. The summed E-state index contributed by atoms with van der Waals surface area (Å²) in [7, 11) is 0. The molecule has 3 aromatic carbocycles. The molecule has 0 aliphatic carbocycles. The third-order valence-electron chi connectivity index (χ3n) is 4.61. The van der Waals surface area contributed by atoms with Gasteiger partial charge in [-0.15, -0.1) is 0 Å². The molecule has 3 rings (SSSR count). The number of phenols is 2. The minimum Gasteiger partial charge on any atom is -0.506 e. The first-order valence-corrected chi connectivity index (χ1v) is 11.2. The van der Waals surface area contributed by atoms with Gasteiger partial charge in [0.2, 0.25) is 0 Å². The van der Waals surface area contributed by atoms with Gasteiger partial charge in [-0.25, -0.2) is 5.43 Å². The average molecular weight is 573 g/mol. The minimum absolute atomic E-state index is 0.0128. The number of nitrogens with one attached hydrogen (secondary N) is 2. The minimum atomic E-state index is -0.659. The van der Waals surface area contributed by atoms with Crippen LogP contribution >= 0.6 is 31.9 Å². The number of hydrogen-bond acceptors (Lipinski definition) is 5. The summed E-state index contributed by atoms with van der Waals surface area (Å²) in [6, 6.07) is 17.6. The molecular weight excluding hydrogens is 554 g/mol. The summed E-state index contributed by atoms with van der Waals surface area (Å²) in [5.74, 6) is -1.49. The van der Waals surface area contributed by atoms with E-state index in [0.29, 0.717) is 21.2 Å². The zero-order valence-corrected chi connectivity index (χ0v) is 20.5. The molecule has 2 amide bonds. The maximum atomic E-state index is 12.8. The molecule has 0 aromatic heterocycles. The number of hydrazone groups is 1. The molecule has 9 heteroatoms. The fourth-order valence-electron chi connectivity index (χ4n) is 2.83. The Labute approximate surface area is 207 Å². The van der Waals surface area contributed by atoms with Crippen LogP contribution in [0.4, 0.5) is 0 Å². The van der Waals surface area contributed by atoms with Gasteiger partial charge in [-0.05, 0) is 68.1 Å². The van der Waals surface area contributed by atoms with Crippen molar-refractivity contribution in [1.29, 1.82) is 0 Å². The van der Waals surface area contributed by atoms with Gasteiger partial charge >= 0.3 is 0 Å². The molecule has 3 aromatic rings. The normalized spacial score (nSPS) is 11.4. The van der Waals surface area contributed by atoms with Crippen LogP contribution in [0, 0.1) is 6.92 Å². The summed E-state index contributed by atoms with van der Waals surface area (Å²) >= 11 is 6.36. The van der Waals surface area contributed by atoms with Gasteiger partial charge in [0.05, 0.1) is 10.7 Å². The van der Waals surface area contributed by atoms with Gasteiger partial charge in [0.15, 0.2) is 0 Å². The average Bonchev–Trinajstić information content (AvgIpc) is 2.84. The van der Waals surface area contributed by atoms with E-state index in [1.165, 1.54) is 12.3 Å². The molecule has 7 nitrogen and oxygen atoms in total. The molecule has 0 fully saturated rings. The van der Waals surface area contributed by atoms with Crippen LogP contribution in [0.2, 0.25) is 0 Å². The lowest BCUT2D eigenvalue weighted by Crippen LogP contribution is -2.32. The standard InChI is InChI=1S/C24H19Br2N3O4/c1-14-17(21(30)20(26)22(31)19(14)25)13-27-29-24(33)18(12-15-8-4-2-5-9-15)28-23(32)16-10-6-3-7-11-16/h2-13,30-31H,1H3,(H,28,32)(H,29,33)/b18-12-,27-13+. The van der Waals surface area contributed by atoms with Gasteiger partial charge in [-0.2, -0.15) is 5.10 Å². The molecule has 0 spiro atoms. The summed E-state index contributed by atoms with van der Waals surface area (Å²) < 4.78 is 0.465. The lowest BCUT2D eigenvalue weighted by atomic mass is 10.1. The highest BCUT2D eigenvalue weighted by Crippen LogP contribution is 2.43. The zero-order valence-electron chi connectivity index (χ0n) is 17.3. The first-order chi connectivity index (χ1) is 15.8. The van der Waals surface area contributed by atoms with E-state index < -0.39 is 11.8 Å². The van der Waals surface area contributed by atoms with Gasteiger partial charge in [0.1, 0.15) is 21.7 Å². The Kier molecular flexibility index (Phi) is 8.02. The van der Waals surface area contributed by atoms with Crippen molar-refractivity contribution in [3.63, 3.8) is 0 Å². The molecule has 0 unspecified atom stereocenters. The first kappa shape index (κ1) is 24.2. The van der Waals surface area contributed by atoms with Crippen molar-refractivity contribution >= 4 is 56.0 Å². The van der Waals surface area contributed by atoms with Gasteiger partial charge in [-0.3, -0.25) is 9.59 Å². The summed E-state index contributed by atoms with van der Waals surface area (Å²) in [6.45, 7) is 1.67. The van der Waals surface area contributed by atoms with Crippen LogP contribution in [0.3, 0.4) is 0 Å². The number of amides is 2. The monoisotopic (exact) mass is 571 g/mol. The SMILES string of the molecule is Cc1c(Br)c(O)c(Br)c(O)c1/C=N/NC(=O)/C(=C/c1ccccc1)NC(=O)c1ccccc1. The molecular formula is C24H19Br2N3O4. The molecule has 0 bridgehead atoms. The number of aromatic hydroxyl groups is 2. The summed E-state index contributed by atoms with van der Waals surface area (Å²) in [5, 5.41) is 26.8. The van der Waals surface area contributed by atoms with E-state index in [9.17, 15) is 19.8 Å². The third-order valence-corrected chi connectivity index (χ3v) is 6.33. The molecule has 0 atom stereocenters. The van der Waals surface area contributed by atoms with E-state index in [1.54, 1.807) is 49.4 Å². The zero-order chi connectivity index (χ0) is 24.0. The van der Waals surface area contributed by atoms with Crippen molar-refractivity contribution < 1.29 is 19.8 Å². The third kappa shape index (κ3) is 5.88. The van der Waals surface area contributed by atoms with Crippen molar-refractivity contribution in [1.82, 2.24) is 10.7 Å². The molecule has 168 valence electrons. The van der Waals surface area contributed by atoms with Gasteiger partial charge in [-0.1, -0.05) is 48.5 Å². The highest BCUT2D eigenvalue weighted by molar-refractivity contribution is 9.11. The van der Waals surface area contributed by atoms with Crippen LogP contribution in [-0.4, -0.2) is 28.2 Å². The number of carbonyl (C=O) groups is 2. The Morgan fingerprint density at radius 1 is 0.909 bits per heavy atom. The molecule has 0 saturated carbocycles. The largest absolute Gasteiger partial charge is 0.506 e. The number of nitrogens with zero attached hydrogens (tertiary/aromatic N) is 1. The van der Waals surface area contributed by atoms with E-state index in [-0.39, 0.29) is 27.2 Å². The van der Waals surface area contributed by atoms with E-state index in [2.05, 4.69) is 47.7 Å². The van der Waals surface area contributed by atoms with Crippen molar-refractivity contribution in [2.45, 2.75) is 6.92 Å². The van der Waals surface area contributed by atoms with E-state index >= 15 is 0 Å². The number of hydrogen-bond donors (Lipinski definition) is 4.